The molecule has 0 aliphatic carbocycles. The molecule has 1 aromatic carbocycles. The van der Waals surface area contributed by atoms with E-state index in [0.717, 1.165) is 49.8 Å². The minimum atomic E-state index is 0. The number of hydrogen-bond donors (Lipinski definition) is 2. The molecule has 2 N–H and O–H groups in total. The van der Waals surface area contributed by atoms with Crippen molar-refractivity contribution in [1.29, 1.82) is 0 Å². The van der Waals surface area contributed by atoms with Crippen LogP contribution in [0.1, 0.15) is 51.8 Å². The minimum Gasteiger partial charge on any atom is -0.444 e. The van der Waals surface area contributed by atoms with Crippen LogP contribution < -0.4 is 10.6 Å². The van der Waals surface area contributed by atoms with E-state index in [4.69, 9.17) is 4.42 Å². The lowest BCUT2D eigenvalue weighted by molar-refractivity contribution is 0.292. The van der Waals surface area contributed by atoms with Crippen LogP contribution in [0.3, 0.4) is 0 Å². The summed E-state index contributed by atoms with van der Waals surface area (Å²) in [4.78, 5) is 11.7. The Hall–Kier alpha value is -1.61. The van der Waals surface area contributed by atoms with Crippen LogP contribution in [0.25, 0.3) is 11.5 Å². The molecule has 6 nitrogen and oxygen atoms in total. The number of guanidine groups is 1. The van der Waals surface area contributed by atoms with Crippen LogP contribution in [0.15, 0.2) is 39.9 Å². The second-order valence-electron chi connectivity index (χ2n) is 7.42. The molecule has 0 spiro atoms. The zero-order valence-electron chi connectivity index (χ0n) is 19.1. The van der Waals surface area contributed by atoms with E-state index in [-0.39, 0.29) is 24.0 Å². The average Bonchev–Trinajstić information content (AvgIpc) is 3.19. The smallest absolute Gasteiger partial charge is 0.226 e. The summed E-state index contributed by atoms with van der Waals surface area (Å²) >= 11 is 0. The highest BCUT2D eigenvalue weighted by molar-refractivity contribution is 14.0. The van der Waals surface area contributed by atoms with Crippen LogP contribution in [0.4, 0.5) is 0 Å². The first kappa shape index (κ1) is 26.4. The number of nitrogens with zero attached hydrogens (tertiary/aromatic N) is 3. The van der Waals surface area contributed by atoms with Crippen molar-refractivity contribution in [2.24, 2.45) is 4.99 Å². The summed E-state index contributed by atoms with van der Waals surface area (Å²) in [6, 6.07) is 8.54. The van der Waals surface area contributed by atoms with Crippen LogP contribution in [0.2, 0.25) is 0 Å². The molecular weight excluding hydrogens is 489 g/mol. The Bertz CT molecular complexity index is 740. The maximum absolute atomic E-state index is 5.63. The van der Waals surface area contributed by atoms with Crippen molar-refractivity contribution in [3.8, 4) is 11.5 Å². The molecule has 30 heavy (non-hydrogen) atoms. The summed E-state index contributed by atoms with van der Waals surface area (Å²) in [5, 5.41) is 6.82. The Balaban J connectivity index is 0.00000450. The molecule has 0 saturated carbocycles. The lowest BCUT2D eigenvalue weighted by Crippen LogP contribution is -2.42. The molecule has 0 saturated heterocycles. The first-order valence-corrected chi connectivity index (χ1v) is 10.8. The average molecular weight is 527 g/mol. The molecule has 0 aliphatic rings. The van der Waals surface area contributed by atoms with Gasteiger partial charge in [-0.05, 0) is 65.4 Å². The van der Waals surface area contributed by atoms with E-state index in [2.05, 4.69) is 72.3 Å². The second-order valence-corrected chi connectivity index (χ2v) is 7.42. The molecule has 7 heteroatoms. The van der Waals surface area contributed by atoms with Gasteiger partial charge in [0, 0.05) is 18.2 Å². The Labute approximate surface area is 199 Å². The lowest BCUT2D eigenvalue weighted by atomic mass is 10.1. The van der Waals surface area contributed by atoms with Crippen LogP contribution in [0.5, 0.6) is 0 Å². The number of aryl methyl sites for hydroxylation is 1. The van der Waals surface area contributed by atoms with E-state index in [1.807, 2.05) is 12.1 Å². The van der Waals surface area contributed by atoms with Crippen molar-refractivity contribution >= 4 is 29.9 Å². The van der Waals surface area contributed by atoms with Gasteiger partial charge in [-0.2, -0.15) is 0 Å². The largest absolute Gasteiger partial charge is 0.444 e. The van der Waals surface area contributed by atoms with Gasteiger partial charge < -0.3 is 20.0 Å². The van der Waals surface area contributed by atoms with Crippen molar-refractivity contribution in [3.63, 3.8) is 0 Å². The van der Waals surface area contributed by atoms with Gasteiger partial charge in [0.1, 0.15) is 12.0 Å². The number of oxazole rings is 1. The maximum atomic E-state index is 5.63. The first-order chi connectivity index (χ1) is 14.0. The first-order valence-electron chi connectivity index (χ1n) is 10.8. The van der Waals surface area contributed by atoms with Gasteiger partial charge in [0.2, 0.25) is 5.89 Å². The normalized spacial score (nSPS) is 12.5. The van der Waals surface area contributed by atoms with Gasteiger partial charge in [0.15, 0.2) is 5.96 Å². The van der Waals surface area contributed by atoms with Crippen molar-refractivity contribution < 1.29 is 4.42 Å². The van der Waals surface area contributed by atoms with E-state index >= 15 is 0 Å². The van der Waals surface area contributed by atoms with Crippen LogP contribution in [-0.2, 0) is 6.54 Å². The highest BCUT2D eigenvalue weighted by Gasteiger charge is 2.09. The monoisotopic (exact) mass is 527 g/mol. The standard InChI is InChI=1S/C23H37N5O.HI/c1-6-24-23(26-19(5)10-9-15-28(7-2)8-3)25-16-21-17-29-22(27-21)20-13-11-18(4)12-14-20;/h11-14,17,19H,6-10,15-16H2,1-5H3,(H2,24,25,26);1H. The fourth-order valence-corrected chi connectivity index (χ4v) is 3.15. The van der Waals surface area contributed by atoms with Crippen molar-refractivity contribution in [3.05, 3.63) is 41.8 Å². The third kappa shape index (κ3) is 9.04. The number of halogens is 1. The number of benzene rings is 1. The molecule has 0 amide bonds. The number of hydrogen-bond acceptors (Lipinski definition) is 4. The minimum absolute atomic E-state index is 0. The zero-order chi connectivity index (χ0) is 21.1. The van der Waals surface area contributed by atoms with Gasteiger partial charge in [0.05, 0.1) is 6.54 Å². The van der Waals surface area contributed by atoms with Gasteiger partial charge in [-0.3, -0.25) is 0 Å². The van der Waals surface area contributed by atoms with Gasteiger partial charge in [-0.15, -0.1) is 24.0 Å². The van der Waals surface area contributed by atoms with Crippen LogP contribution >= 0.6 is 24.0 Å². The van der Waals surface area contributed by atoms with Gasteiger partial charge in [-0.1, -0.05) is 31.5 Å². The maximum Gasteiger partial charge on any atom is 0.226 e. The Morgan fingerprint density at radius 3 is 2.50 bits per heavy atom. The van der Waals surface area contributed by atoms with E-state index in [1.54, 1.807) is 6.26 Å². The topological polar surface area (TPSA) is 65.7 Å². The third-order valence-electron chi connectivity index (χ3n) is 4.98. The van der Waals surface area contributed by atoms with E-state index in [9.17, 15) is 0 Å². The summed E-state index contributed by atoms with van der Waals surface area (Å²) in [5.41, 5.74) is 3.03. The quantitative estimate of drug-likeness (QED) is 0.249. The molecule has 0 bridgehead atoms. The van der Waals surface area contributed by atoms with Crippen LogP contribution in [0, 0.1) is 6.92 Å². The third-order valence-corrected chi connectivity index (χ3v) is 4.98. The Morgan fingerprint density at radius 1 is 1.17 bits per heavy atom. The highest BCUT2D eigenvalue weighted by atomic mass is 127. The fraction of sp³-hybridized carbons (Fsp3) is 0.565. The molecule has 1 unspecified atom stereocenters. The zero-order valence-corrected chi connectivity index (χ0v) is 21.4. The molecule has 1 heterocycles. The Kier molecular flexibility index (Phi) is 12.7. The summed E-state index contributed by atoms with van der Waals surface area (Å²) in [6.07, 6.45) is 3.98. The second kappa shape index (κ2) is 14.4. The van der Waals surface area contributed by atoms with Gasteiger partial charge in [0.25, 0.3) is 0 Å². The molecular formula is C23H38IN5O. The van der Waals surface area contributed by atoms with Crippen LogP contribution in [-0.4, -0.2) is 48.1 Å². The summed E-state index contributed by atoms with van der Waals surface area (Å²) in [5.74, 6) is 1.46. The van der Waals surface area contributed by atoms with Gasteiger partial charge in [-0.25, -0.2) is 9.98 Å². The molecule has 2 aromatic rings. The van der Waals surface area contributed by atoms with E-state index < -0.39 is 0 Å². The SMILES string of the molecule is CCNC(=NCc1coc(-c2ccc(C)cc2)n1)NC(C)CCCN(CC)CC.I. The van der Waals surface area contributed by atoms with Gasteiger partial charge >= 0.3 is 0 Å². The predicted molar refractivity (Wildman–Crippen MR) is 137 cm³/mol. The van der Waals surface area contributed by atoms with Crippen molar-refractivity contribution in [2.45, 2.75) is 60.0 Å². The number of rotatable bonds is 11. The van der Waals surface area contributed by atoms with Crippen molar-refractivity contribution in [1.82, 2.24) is 20.5 Å². The lowest BCUT2D eigenvalue weighted by Gasteiger charge is -2.21. The molecule has 0 aliphatic heterocycles. The van der Waals surface area contributed by atoms with Crippen molar-refractivity contribution in [2.75, 3.05) is 26.2 Å². The fourth-order valence-electron chi connectivity index (χ4n) is 3.15. The molecule has 0 fully saturated rings. The molecule has 0 radical (unpaired) electrons. The molecule has 1 atom stereocenters. The predicted octanol–water partition coefficient (Wildman–Crippen LogP) is 4.83. The summed E-state index contributed by atoms with van der Waals surface area (Å²) in [7, 11) is 0. The highest BCUT2D eigenvalue weighted by Crippen LogP contribution is 2.19. The number of nitrogens with one attached hydrogen (secondary N) is 2. The summed E-state index contributed by atoms with van der Waals surface area (Å²) in [6.45, 7) is 15.5. The Morgan fingerprint density at radius 2 is 1.87 bits per heavy atom. The molecule has 168 valence electrons. The number of aliphatic imine (C=N–C) groups is 1. The van der Waals surface area contributed by atoms with E-state index in [1.165, 1.54) is 12.0 Å². The van der Waals surface area contributed by atoms with E-state index in [0.29, 0.717) is 18.5 Å². The molecule has 2 rings (SSSR count). The molecule has 1 aromatic heterocycles. The summed E-state index contributed by atoms with van der Waals surface area (Å²) < 4.78 is 5.63. The number of aromatic nitrogens is 1.